The first kappa shape index (κ1) is 12.7. The average Bonchev–Trinajstić information content (AvgIpc) is 2.70. The molecule has 0 saturated carbocycles. The SMILES string of the molecule is CCCN(CC)C(=O)C(N)c1cnn(C)c1. The van der Waals surface area contributed by atoms with Gasteiger partial charge in [-0.05, 0) is 13.3 Å². The van der Waals surface area contributed by atoms with Gasteiger partial charge in [0.05, 0.1) is 6.20 Å². The number of carbonyl (C=O) groups is 1. The van der Waals surface area contributed by atoms with E-state index >= 15 is 0 Å². The van der Waals surface area contributed by atoms with Crippen LogP contribution in [0.5, 0.6) is 0 Å². The smallest absolute Gasteiger partial charge is 0.244 e. The van der Waals surface area contributed by atoms with Gasteiger partial charge in [0, 0.05) is 31.9 Å². The molecule has 5 heteroatoms. The molecule has 0 aliphatic heterocycles. The van der Waals surface area contributed by atoms with Crippen molar-refractivity contribution in [1.82, 2.24) is 14.7 Å². The van der Waals surface area contributed by atoms with Gasteiger partial charge in [-0.25, -0.2) is 0 Å². The molecule has 5 nitrogen and oxygen atoms in total. The molecule has 0 saturated heterocycles. The molecule has 0 aliphatic carbocycles. The average molecular weight is 224 g/mol. The molecule has 1 aromatic rings. The summed E-state index contributed by atoms with van der Waals surface area (Å²) in [5.41, 5.74) is 6.68. The lowest BCUT2D eigenvalue weighted by atomic mass is 10.1. The highest BCUT2D eigenvalue weighted by molar-refractivity contribution is 5.82. The summed E-state index contributed by atoms with van der Waals surface area (Å²) in [5.74, 6) is -0.0302. The normalized spacial score (nSPS) is 12.5. The van der Waals surface area contributed by atoms with Crippen LogP contribution in [0.4, 0.5) is 0 Å². The molecular weight excluding hydrogens is 204 g/mol. The standard InChI is InChI=1S/C11H20N4O/c1-4-6-15(5-2)11(16)10(12)9-7-13-14(3)8-9/h7-8,10H,4-6,12H2,1-3H3. The maximum atomic E-state index is 12.0. The number of hydrogen-bond donors (Lipinski definition) is 1. The Morgan fingerprint density at radius 3 is 2.75 bits per heavy atom. The first-order chi connectivity index (χ1) is 7.60. The number of carbonyl (C=O) groups excluding carboxylic acids is 1. The van der Waals surface area contributed by atoms with E-state index in [0.29, 0.717) is 6.54 Å². The summed E-state index contributed by atoms with van der Waals surface area (Å²) in [7, 11) is 1.81. The van der Waals surface area contributed by atoms with E-state index < -0.39 is 6.04 Å². The molecular formula is C11H20N4O. The number of hydrogen-bond acceptors (Lipinski definition) is 3. The second kappa shape index (κ2) is 5.65. The van der Waals surface area contributed by atoms with Crippen LogP contribution in [0.3, 0.4) is 0 Å². The highest BCUT2D eigenvalue weighted by Crippen LogP contribution is 2.12. The second-order valence-electron chi connectivity index (χ2n) is 3.84. The van der Waals surface area contributed by atoms with Crippen molar-refractivity contribution in [2.45, 2.75) is 26.3 Å². The summed E-state index contributed by atoms with van der Waals surface area (Å²) in [4.78, 5) is 13.8. The number of nitrogens with zero attached hydrogens (tertiary/aromatic N) is 3. The lowest BCUT2D eigenvalue weighted by Gasteiger charge is -2.23. The zero-order chi connectivity index (χ0) is 12.1. The molecule has 1 amide bonds. The summed E-state index contributed by atoms with van der Waals surface area (Å²) < 4.78 is 1.65. The fraction of sp³-hybridized carbons (Fsp3) is 0.636. The lowest BCUT2D eigenvalue weighted by molar-refractivity contribution is -0.132. The first-order valence-corrected chi connectivity index (χ1v) is 5.63. The number of amides is 1. The monoisotopic (exact) mass is 224 g/mol. The predicted molar refractivity (Wildman–Crippen MR) is 62.7 cm³/mol. The van der Waals surface area contributed by atoms with E-state index in [1.807, 2.05) is 20.9 Å². The van der Waals surface area contributed by atoms with E-state index in [2.05, 4.69) is 5.10 Å². The van der Waals surface area contributed by atoms with Gasteiger partial charge < -0.3 is 10.6 Å². The fourth-order valence-electron chi connectivity index (χ4n) is 1.63. The van der Waals surface area contributed by atoms with Gasteiger partial charge >= 0.3 is 0 Å². The van der Waals surface area contributed by atoms with Gasteiger partial charge in [-0.1, -0.05) is 6.92 Å². The molecule has 1 heterocycles. The summed E-state index contributed by atoms with van der Waals surface area (Å²) in [6, 6.07) is -0.597. The van der Waals surface area contributed by atoms with E-state index in [-0.39, 0.29) is 5.91 Å². The largest absolute Gasteiger partial charge is 0.341 e. The number of aryl methyl sites for hydroxylation is 1. The van der Waals surface area contributed by atoms with Crippen LogP contribution in [-0.2, 0) is 11.8 Å². The summed E-state index contributed by atoms with van der Waals surface area (Å²) in [6.07, 6.45) is 4.37. The van der Waals surface area contributed by atoms with Crippen molar-refractivity contribution in [3.63, 3.8) is 0 Å². The molecule has 1 unspecified atom stereocenters. The Kier molecular flexibility index (Phi) is 4.49. The Balaban J connectivity index is 2.72. The summed E-state index contributed by atoms with van der Waals surface area (Å²) in [6.45, 7) is 5.46. The van der Waals surface area contributed by atoms with E-state index in [9.17, 15) is 4.79 Å². The van der Waals surface area contributed by atoms with E-state index in [1.165, 1.54) is 0 Å². The number of likely N-dealkylation sites (N-methyl/N-ethyl adjacent to an activating group) is 1. The Morgan fingerprint density at radius 1 is 1.62 bits per heavy atom. The minimum atomic E-state index is -0.597. The molecule has 0 radical (unpaired) electrons. The number of rotatable bonds is 5. The third-order valence-electron chi connectivity index (χ3n) is 2.54. The van der Waals surface area contributed by atoms with Crippen LogP contribution in [0.25, 0.3) is 0 Å². The summed E-state index contributed by atoms with van der Waals surface area (Å²) in [5, 5.41) is 4.02. The molecule has 1 aromatic heterocycles. The molecule has 0 fully saturated rings. The van der Waals surface area contributed by atoms with Crippen molar-refractivity contribution in [3.8, 4) is 0 Å². The van der Waals surface area contributed by atoms with Gasteiger partial charge in [-0.2, -0.15) is 5.10 Å². The van der Waals surface area contributed by atoms with Gasteiger partial charge in [0.25, 0.3) is 0 Å². The highest BCUT2D eigenvalue weighted by Gasteiger charge is 2.21. The van der Waals surface area contributed by atoms with Crippen LogP contribution in [-0.4, -0.2) is 33.7 Å². The molecule has 1 atom stereocenters. The van der Waals surface area contributed by atoms with Crippen molar-refractivity contribution in [2.24, 2.45) is 12.8 Å². The maximum Gasteiger partial charge on any atom is 0.244 e. The Labute approximate surface area is 96.2 Å². The van der Waals surface area contributed by atoms with Crippen LogP contribution >= 0.6 is 0 Å². The van der Waals surface area contributed by atoms with Crippen LogP contribution in [0.15, 0.2) is 12.4 Å². The van der Waals surface area contributed by atoms with Gasteiger partial charge in [0.15, 0.2) is 0 Å². The van der Waals surface area contributed by atoms with Crippen molar-refractivity contribution in [2.75, 3.05) is 13.1 Å². The Morgan fingerprint density at radius 2 is 2.31 bits per heavy atom. The van der Waals surface area contributed by atoms with Gasteiger partial charge in [-0.15, -0.1) is 0 Å². The topological polar surface area (TPSA) is 64.2 Å². The molecule has 2 N–H and O–H groups in total. The summed E-state index contributed by atoms with van der Waals surface area (Å²) >= 11 is 0. The minimum absolute atomic E-state index is 0.0302. The van der Waals surface area contributed by atoms with E-state index in [0.717, 1.165) is 18.5 Å². The first-order valence-electron chi connectivity index (χ1n) is 5.63. The molecule has 90 valence electrons. The molecule has 0 aliphatic rings. The van der Waals surface area contributed by atoms with Gasteiger partial charge in [0.1, 0.15) is 6.04 Å². The van der Waals surface area contributed by atoms with Gasteiger partial charge in [-0.3, -0.25) is 9.48 Å². The van der Waals surface area contributed by atoms with Crippen LogP contribution < -0.4 is 5.73 Å². The van der Waals surface area contributed by atoms with Crippen molar-refractivity contribution in [1.29, 1.82) is 0 Å². The lowest BCUT2D eigenvalue weighted by Crippen LogP contribution is -2.38. The molecule has 16 heavy (non-hydrogen) atoms. The number of aromatic nitrogens is 2. The van der Waals surface area contributed by atoms with Crippen molar-refractivity contribution < 1.29 is 4.79 Å². The third-order valence-corrected chi connectivity index (χ3v) is 2.54. The third kappa shape index (κ3) is 2.82. The van der Waals surface area contributed by atoms with Crippen molar-refractivity contribution >= 4 is 5.91 Å². The van der Waals surface area contributed by atoms with Crippen LogP contribution in [0.1, 0.15) is 31.9 Å². The Bertz CT molecular complexity index is 348. The van der Waals surface area contributed by atoms with E-state index in [4.69, 9.17) is 5.73 Å². The van der Waals surface area contributed by atoms with Crippen LogP contribution in [0.2, 0.25) is 0 Å². The predicted octanol–water partition coefficient (Wildman–Crippen LogP) is 0.678. The molecule has 1 rings (SSSR count). The maximum absolute atomic E-state index is 12.0. The van der Waals surface area contributed by atoms with Crippen LogP contribution in [0, 0.1) is 0 Å². The number of nitrogens with two attached hydrogens (primary N) is 1. The molecule has 0 bridgehead atoms. The molecule has 0 spiro atoms. The van der Waals surface area contributed by atoms with Crippen molar-refractivity contribution in [3.05, 3.63) is 18.0 Å². The highest BCUT2D eigenvalue weighted by atomic mass is 16.2. The fourth-order valence-corrected chi connectivity index (χ4v) is 1.63. The zero-order valence-electron chi connectivity index (χ0n) is 10.2. The molecule has 0 aromatic carbocycles. The Hall–Kier alpha value is -1.36. The zero-order valence-corrected chi connectivity index (χ0v) is 10.2. The second-order valence-corrected chi connectivity index (χ2v) is 3.84. The van der Waals surface area contributed by atoms with E-state index in [1.54, 1.807) is 22.0 Å². The van der Waals surface area contributed by atoms with Gasteiger partial charge in [0.2, 0.25) is 5.91 Å². The minimum Gasteiger partial charge on any atom is -0.341 e. The quantitative estimate of drug-likeness (QED) is 0.800.